The van der Waals surface area contributed by atoms with E-state index < -0.39 is 26.1 Å². The second-order valence-corrected chi connectivity index (χ2v) is 11.4. The van der Waals surface area contributed by atoms with Crippen molar-refractivity contribution in [3.63, 3.8) is 0 Å². The van der Waals surface area contributed by atoms with E-state index in [1.165, 1.54) is 11.4 Å². The third kappa shape index (κ3) is 7.53. The summed E-state index contributed by atoms with van der Waals surface area (Å²) in [4.78, 5) is 12.5. The number of carbonyl (C=O) groups is 1. The third-order valence-corrected chi connectivity index (χ3v) is 8.58. The van der Waals surface area contributed by atoms with Crippen LogP contribution in [0, 0.1) is 0 Å². The van der Waals surface area contributed by atoms with Crippen LogP contribution in [-0.2, 0) is 32.3 Å². The zero-order valence-electron chi connectivity index (χ0n) is 19.3. The lowest BCUT2D eigenvalue weighted by Gasteiger charge is -2.19. The summed E-state index contributed by atoms with van der Waals surface area (Å²) in [6, 6.07) is 12.7. The molecular formula is C22H32N4O5S2. The third-order valence-electron chi connectivity index (χ3n) is 5.18. The van der Waals surface area contributed by atoms with Crippen LogP contribution in [0.2, 0.25) is 0 Å². The molecule has 0 aliphatic rings. The van der Waals surface area contributed by atoms with Gasteiger partial charge in [-0.05, 0) is 42.8 Å². The van der Waals surface area contributed by atoms with E-state index in [1.807, 2.05) is 0 Å². The number of sulfonamides is 2. The topological polar surface area (TPSA) is 125 Å². The summed E-state index contributed by atoms with van der Waals surface area (Å²) < 4.78 is 52.3. The molecule has 3 N–H and O–H groups in total. The predicted octanol–water partition coefficient (Wildman–Crippen LogP) is 2.33. The summed E-state index contributed by atoms with van der Waals surface area (Å²) in [7, 11) is -5.54. The van der Waals surface area contributed by atoms with E-state index in [9.17, 15) is 21.6 Å². The molecule has 2 aromatic carbocycles. The van der Waals surface area contributed by atoms with Crippen molar-refractivity contribution < 1.29 is 21.6 Å². The van der Waals surface area contributed by atoms with Gasteiger partial charge in [0.1, 0.15) is 0 Å². The van der Waals surface area contributed by atoms with Crippen LogP contribution in [-0.4, -0.2) is 47.3 Å². The van der Waals surface area contributed by atoms with Crippen LogP contribution in [0.3, 0.4) is 0 Å². The fourth-order valence-electron chi connectivity index (χ4n) is 3.28. The molecule has 0 fully saturated rings. The average Bonchev–Trinajstić information content (AvgIpc) is 2.78. The van der Waals surface area contributed by atoms with E-state index >= 15 is 0 Å². The van der Waals surface area contributed by atoms with Gasteiger partial charge in [-0.15, -0.1) is 0 Å². The van der Waals surface area contributed by atoms with Gasteiger partial charge in [-0.3, -0.25) is 0 Å². The van der Waals surface area contributed by atoms with Gasteiger partial charge in [0.05, 0.1) is 16.7 Å². The van der Waals surface area contributed by atoms with E-state index in [-0.39, 0.29) is 23.2 Å². The van der Waals surface area contributed by atoms with Crippen molar-refractivity contribution in [3.05, 3.63) is 65.2 Å². The lowest BCUT2D eigenvalue weighted by Crippen LogP contribution is -2.36. The zero-order valence-corrected chi connectivity index (χ0v) is 21.0. The molecule has 1 atom stereocenters. The van der Waals surface area contributed by atoms with Crippen molar-refractivity contribution in [3.8, 4) is 0 Å². The summed E-state index contributed by atoms with van der Waals surface area (Å²) in [5.74, 6) is -0.138. The van der Waals surface area contributed by atoms with Crippen LogP contribution in [0.15, 0.2) is 53.4 Å². The summed E-state index contributed by atoms with van der Waals surface area (Å²) in [5, 5.41) is 5.57. The smallest absolute Gasteiger partial charge is 0.315 e. The lowest BCUT2D eigenvalue weighted by atomic mass is 10.1. The highest BCUT2D eigenvalue weighted by molar-refractivity contribution is 7.89. The quantitative estimate of drug-likeness (QED) is 0.440. The molecule has 11 heteroatoms. The first-order chi connectivity index (χ1) is 15.5. The van der Waals surface area contributed by atoms with Gasteiger partial charge in [0.25, 0.3) is 0 Å². The summed E-state index contributed by atoms with van der Waals surface area (Å²) in [6.45, 7) is 6.41. The molecule has 2 rings (SSSR count). The summed E-state index contributed by atoms with van der Waals surface area (Å²) in [6.07, 6.45) is 0. The highest BCUT2D eigenvalue weighted by Crippen LogP contribution is 2.19. The van der Waals surface area contributed by atoms with Crippen LogP contribution in [0.1, 0.15) is 43.5 Å². The first-order valence-corrected chi connectivity index (χ1v) is 13.7. The van der Waals surface area contributed by atoms with Crippen molar-refractivity contribution in [1.29, 1.82) is 0 Å². The highest BCUT2D eigenvalue weighted by Gasteiger charge is 2.21. The molecule has 182 valence electrons. The zero-order chi connectivity index (χ0) is 24.6. The number of amides is 2. The number of urea groups is 1. The van der Waals surface area contributed by atoms with Gasteiger partial charge in [0.15, 0.2) is 0 Å². The van der Waals surface area contributed by atoms with Crippen molar-refractivity contribution in [1.82, 2.24) is 19.7 Å². The van der Waals surface area contributed by atoms with Gasteiger partial charge in [-0.25, -0.2) is 26.4 Å². The molecule has 2 aromatic rings. The van der Waals surface area contributed by atoms with Crippen LogP contribution >= 0.6 is 0 Å². The number of hydrogen-bond acceptors (Lipinski definition) is 5. The summed E-state index contributed by atoms with van der Waals surface area (Å²) in [5.41, 5.74) is 2.16. The Morgan fingerprint density at radius 2 is 1.58 bits per heavy atom. The van der Waals surface area contributed by atoms with Crippen molar-refractivity contribution in [2.24, 2.45) is 0 Å². The Bertz CT molecular complexity index is 1150. The minimum absolute atomic E-state index is 0.138. The number of rotatable bonds is 11. The second kappa shape index (κ2) is 11.6. The van der Waals surface area contributed by atoms with Gasteiger partial charge < -0.3 is 10.6 Å². The van der Waals surface area contributed by atoms with Gasteiger partial charge in [0, 0.05) is 19.6 Å². The highest BCUT2D eigenvalue weighted by atomic mass is 32.2. The molecule has 1 unspecified atom stereocenters. The molecule has 0 heterocycles. The molecule has 0 radical (unpaired) electrons. The Balaban J connectivity index is 1.96. The van der Waals surface area contributed by atoms with E-state index in [0.717, 1.165) is 11.1 Å². The maximum atomic E-state index is 12.6. The van der Waals surface area contributed by atoms with E-state index in [2.05, 4.69) is 15.4 Å². The monoisotopic (exact) mass is 496 g/mol. The Kier molecular flexibility index (Phi) is 9.41. The average molecular weight is 497 g/mol. The number of nitrogens with zero attached hydrogens (tertiary/aromatic N) is 1. The van der Waals surface area contributed by atoms with E-state index in [4.69, 9.17) is 0 Å². The standard InChI is InChI=1S/C22H32N4O5S2/c1-5-26(6-2)33(30,31)21-12-10-20(11-13-21)17(3)25-22(27)24-15-18-8-7-9-19(14-18)16-32(28,29)23-4/h7-14,17,23H,5-6,15-16H2,1-4H3,(H2,24,25,27). The van der Waals surface area contributed by atoms with Crippen LogP contribution in [0.5, 0.6) is 0 Å². The molecule has 0 bridgehead atoms. The molecule has 9 nitrogen and oxygen atoms in total. The minimum atomic E-state index is -3.53. The van der Waals surface area contributed by atoms with Crippen LogP contribution in [0.25, 0.3) is 0 Å². The maximum Gasteiger partial charge on any atom is 0.315 e. The first-order valence-electron chi connectivity index (χ1n) is 10.7. The second-order valence-electron chi connectivity index (χ2n) is 7.49. The molecule has 0 spiro atoms. The Hall–Kier alpha value is -2.47. The summed E-state index contributed by atoms with van der Waals surface area (Å²) >= 11 is 0. The van der Waals surface area contributed by atoms with Crippen molar-refractivity contribution in [2.45, 2.75) is 44.0 Å². The molecule has 0 aliphatic carbocycles. The molecule has 0 saturated carbocycles. The van der Waals surface area contributed by atoms with Gasteiger partial charge >= 0.3 is 6.03 Å². The molecular weight excluding hydrogens is 464 g/mol. The Labute approximate surface area is 196 Å². The van der Waals surface area contributed by atoms with E-state index in [1.54, 1.807) is 69.3 Å². The van der Waals surface area contributed by atoms with Crippen molar-refractivity contribution in [2.75, 3.05) is 20.1 Å². The minimum Gasteiger partial charge on any atom is -0.334 e. The number of benzene rings is 2. The molecule has 0 aromatic heterocycles. The normalized spacial score (nSPS) is 13.0. The Morgan fingerprint density at radius 1 is 0.970 bits per heavy atom. The van der Waals surface area contributed by atoms with Gasteiger partial charge in [-0.1, -0.05) is 50.2 Å². The predicted molar refractivity (Wildman–Crippen MR) is 128 cm³/mol. The fraction of sp³-hybridized carbons (Fsp3) is 0.409. The van der Waals surface area contributed by atoms with Gasteiger partial charge in [0.2, 0.25) is 20.0 Å². The van der Waals surface area contributed by atoms with Gasteiger partial charge in [-0.2, -0.15) is 4.31 Å². The fourth-order valence-corrected chi connectivity index (χ4v) is 5.50. The van der Waals surface area contributed by atoms with Crippen LogP contribution < -0.4 is 15.4 Å². The molecule has 33 heavy (non-hydrogen) atoms. The largest absolute Gasteiger partial charge is 0.334 e. The van der Waals surface area contributed by atoms with E-state index in [0.29, 0.717) is 18.7 Å². The number of nitrogens with one attached hydrogen (secondary N) is 3. The number of carbonyl (C=O) groups excluding carboxylic acids is 1. The molecule has 0 aliphatic heterocycles. The Morgan fingerprint density at radius 3 is 2.15 bits per heavy atom. The maximum absolute atomic E-state index is 12.6. The molecule has 2 amide bonds. The van der Waals surface area contributed by atoms with Crippen molar-refractivity contribution >= 4 is 26.1 Å². The number of hydrogen-bond donors (Lipinski definition) is 3. The lowest BCUT2D eigenvalue weighted by molar-refractivity contribution is 0.237. The molecule has 0 saturated heterocycles. The first kappa shape index (κ1) is 26.8. The van der Waals surface area contributed by atoms with Crippen LogP contribution in [0.4, 0.5) is 4.79 Å². The SMILES string of the molecule is CCN(CC)S(=O)(=O)c1ccc(C(C)NC(=O)NCc2cccc(CS(=O)(=O)NC)c2)cc1.